The van der Waals surface area contributed by atoms with Crippen molar-refractivity contribution >= 4 is 68.2 Å². The minimum absolute atomic E-state index is 0.235. The summed E-state index contributed by atoms with van der Waals surface area (Å²) in [6.45, 7) is 2.00. The molecule has 0 aliphatic heterocycles. The Balaban J connectivity index is 1.99. The van der Waals surface area contributed by atoms with Crippen molar-refractivity contribution in [1.29, 1.82) is 0 Å². The molecule has 0 saturated heterocycles. The lowest BCUT2D eigenvalue weighted by Gasteiger charge is -2.09. The van der Waals surface area contributed by atoms with Crippen molar-refractivity contribution in [3.05, 3.63) is 44.6 Å². The van der Waals surface area contributed by atoms with Crippen LogP contribution in [0.1, 0.15) is 17.4 Å². The van der Waals surface area contributed by atoms with E-state index in [4.69, 9.17) is 23.2 Å². The van der Waals surface area contributed by atoms with Gasteiger partial charge in [-0.2, -0.15) is 5.10 Å². The average molecular weight is 463 g/mol. The Morgan fingerprint density at radius 2 is 2.04 bits per heavy atom. The maximum absolute atomic E-state index is 12.3. The van der Waals surface area contributed by atoms with E-state index in [0.717, 1.165) is 0 Å². The molecule has 132 valence electrons. The number of hydrogen-bond donors (Lipinski definition) is 2. The quantitative estimate of drug-likeness (QED) is 0.286. The molecule has 2 aromatic rings. The van der Waals surface area contributed by atoms with Crippen LogP contribution in [0.3, 0.4) is 0 Å². The maximum atomic E-state index is 12.3. The van der Waals surface area contributed by atoms with Gasteiger partial charge in [0.15, 0.2) is 5.16 Å². The Labute approximate surface area is 167 Å². The first-order valence-corrected chi connectivity index (χ1v) is 9.77. The van der Waals surface area contributed by atoms with Gasteiger partial charge >= 0.3 is 0 Å². The summed E-state index contributed by atoms with van der Waals surface area (Å²) in [5.74, 6) is -0.324. The molecule has 1 amide bonds. The number of benzene rings is 1. The summed E-state index contributed by atoms with van der Waals surface area (Å²) in [7, 11) is 0. The van der Waals surface area contributed by atoms with E-state index in [0.29, 0.717) is 31.1 Å². The van der Waals surface area contributed by atoms with E-state index >= 15 is 0 Å². The molecule has 0 atom stereocenters. The normalized spacial score (nSPS) is 11.3. The smallest absolute Gasteiger partial charge is 0.271 e. The van der Waals surface area contributed by atoms with Gasteiger partial charge in [-0.05, 0) is 41.2 Å². The Morgan fingerprint density at radius 1 is 1.36 bits per heavy atom. The highest BCUT2D eigenvalue weighted by atomic mass is 79.9. The lowest BCUT2D eigenvalue weighted by atomic mass is 10.3. The van der Waals surface area contributed by atoms with Gasteiger partial charge in [0.05, 0.1) is 32.5 Å². The first-order valence-electron chi connectivity index (χ1n) is 7.00. The molecule has 0 fully saturated rings. The number of aromatic nitrogens is 2. The number of amides is 1. The maximum Gasteiger partial charge on any atom is 0.271 e. The molecule has 1 aromatic carbocycles. The number of halogens is 3. The number of para-hydroxylation sites is 1. The van der Waals surface area contributed by atoms with Gasteiger partial charge in [0.2, 0.25) is 0 Å². The number of thioether (sulfide) groups is 1. The van der Waals surface area contributed by atoms with Crippen LogP contribution in [-0.2, 0) is 0 Å². The second-order valence-corrected chi connectivity index (χ2v) is 7.23. The summed E-state index contributed by atoms with van der Waals surface area (Å²) in [5.41, 5.74) is 4.23. The summed E-state index contributed by atoms with van der Waals surface area (Å²) in [6.07, 6.45) is 3.39. The summed E-state index contributed by atoms with van der Waals surface area (Å²) >= 11 is 16.8. The summed E-state index contributed by atoms with van der Waals surface area (Å²) in [4.78, 5) is 20.5. The molecule has 2 rings (SSSR count). The van der Waals surface area contributed by atoms with Gasteiger partial charge in [0, 0.05) is 6.20 Å². The predicted octanol–water partition coefficient (Wildman–Crippen LogP) is 4.49. The van der Waals surface area contributed by atoms with Crippen molar-refractivity contribution in [2.45, 2.75) is 12.1 Å². The van der Waals surface area contributed by atoms with Crippen molar-refractivity contribution in [3.63, 3.8) is 0 Å². The van der Waals surface area contributed by atoms with Crippen molar-refractivity contribution in [2.75, 3.05) is 18.2 Å². The molecule has 0 aliphatic rings. The zero-order valence-electron chi connectivity index (χ0n) is 13.3. The molecule has 0 saturated carbocycles. The van der Waals surface area contributed by atoms with E-state index in [1.807, 2.05) is 6.26 Å². The number of nitrogens with zero attached hydrogens (tertiary/aromatic N) is 3. The number of nitrogens with one attached hydrogen (secondary N) is 2. The predicted molar refractivity (Wildman–Crippen MR) is 107 cm³/mol. The van der Waals surface area contributed by atoms with Crippen LogP contribution in [0.2, 0.25) is 10.0 Å². The molecule has 1 heterocycles. The summed E-state index contributed by atoms with van der Waals surface area (Å²) in [5, 5.41) is 8.37. The van der Waals surface area contributed by atoms with E-state index in [2.05, 4.69) is 41.7 Å². The zero-order chi connectivity index (χ0) is 18.4. The van der Waals surface area contributed by atoms with E-state index < -0.39 is 0 Å². The molecular weight excluding hydrogens is 449 g/mol. The largest absolute Gasteiger partial charge is 0.345 e. The van der Waals surface area contributed by atoms with Crippen LogP contribution < -0.4 is 10.7 Å². The van der Waals surface area contributed by atoms with Gasteiger partial charge in [-0.25, -0.2) is 9.97 Å². The van der Waals surface area contributed by atoms with Crippen LogP contribution in [0.15, 0.2) is 39.1 Å². The summed E-state index contributed by atoms with van der Waals surface area (Å²) < 4.78 is 0.526. The van der Waals surface area contributed by atoms with Crippen LogP contribution in [0, 0.1) is 0 Å². The number of carbonyl (C=O) groups is 1. The van der Waals surface area contributed by atoms with E-state index in [1.54, 1.807) is 31.3 Å². The highest BCUT2D eigenvalue weighted by molar-refractivity contribution is 9.10. The first-order chi connectivity index (χ1) is 11.9. The van der Waals surface area contributed by atoms with Crippen molar-refractivity contribution in [1.82, 2.24) is 15.3 Å². The SMILES string of the molecule is CSc1ncc(Br)c(C(=O)NCC(C)=NNc2c(Cl)cccc2Cl)n1. The van der Waals surface area contributed by atoms with Gasteiger partial charge in [-0.3, -0.25) is 10.2 Å². The minimum atomic E-state index is -0.324. The van der Waals surface area contributed by atoms with Gasteiger partial charge in [-0.1, -0.05) is 41.0 Å². The molecule has 0 aliphatic carbocycles. The molecule has 0 unspecified atom stereocenters. The molecule has 25 heavy (non-hydrogen) atoms. The Bertz CT molecular complexity index is 798. The Hall–Kier alpha value is -1.35. The lowest BCUT2D eigenvalue weighted by Crippen LogP contribution is -2.30. The molecular formula is C15H14BrCl2N5OS. The highest BCUT2D eigenvalue weighted by Crippen LogP contribution is 2.29. The molecule has 0 bridgehead atoms. The minimum Gasteiger partial charge on any atom is -0.345 e. The fourth-order valence-corrected chi connectivity index (χ4v) is 2.89. The third-order valence-electron chi connectivity index (χ3n) is 2.95. The standard InChI is InChI=1S/C15H14BrCl2N5OS/c1-8(22-23-13-10(17)4-3-5-11(13)18)6-19-14(24)12-9(16)7-20-15(21-12)25-2/h3-5,7,23H,6H2,1-2H3,(H,19,24). The van der Waals surface area contributed by atoms with Gasteiger partial charge in [0.1, 0.15) is 5.69 Å². The van der Waals surface area contributed by atoms with Crippen LogP contribution in [0.5, 0.6) is 0 Å². The van der Waals surface area contributed by atoms with Crippen molar-refractivity contribution in [2.24, 2.45) is 5.10 Å². The monoisotopic (exact) mass is 461 g/mol. The molecule has 1 aromatic heterocycles. The van der Waals surface area contributed by atoms with Crippen LogP contribution in [0.4, 0.5) is 5.69 Å². The van der Waals surface area contributed by atoms with E-state index in [9.17, 15) is 4.79 Å². The second-order valence-electron chi connectivity index (χ2n) is 4.79. The van der Waals surface area contributed by atoms with Crippen molar-refractivity contribution < 1.29 is 4.79 Å². The number of rotatable bonds is 6. The number of hydrogen-bond acceptors (Lipinski definition) is 6. The Kier molecular flexibility index (Phi) is 7.49. The fraction of sp³-hybridized carbons (Fsp3) is 0.200. The van der Waals surface area contributed by atoms with Gasteiger partial charge in [-0.15, -0.1) is 0 Å². The number of carbonyl (C=O) groups excluding carboxylic acids is 1. The van der Waals surface area contributed by atoms with Gasteiger partial charge < -0.3 is 5.32 Å². The second kappa shape index (κ2) is 9.38. The number of hydrazone groups is 1. The zero-order valence-corrected chi connectivity index (χ0v) is 17.2. The van der Waals surface area contributed by atoms with Crippen LogP contribution in [0.25, 0.3) is 0 Å². The summed E-state index contributed by atoms with van der Waals surface area (Å²) in [6, 6.07) is 5.16. The van der Waals surface area contributed by atoms with E-state index in [-0.39, 0.29) is 18.1 Å². The average Bonchev–Trinajstić information content (AvgIpc) is 2.59. The van der Waals surface area contributed by atoms with E-state index in [1.165, 1.54) is 11.8 Å². The molecule has 0 spiro atoms. The Morgan fingerprint density at radius 3 is 2.68 bits per heavy atom. The number of anilines is 1. The van der Waals surface area contributed by atoms with Gasteiger partial charge in [0.25, 0.3) is 5.91 Å². The molecule has 2 N–H and O–H groups in total. The molecule has 0 radical (unpaired) electrons. The molecule has 6 nitrogen and oxygen atoms in total. The van der Waals surface area contributed by atoms with Crippen LogP contribution >= 0.6 is 50.9 Å². The fourth-order valence-electron chi connectivity index (χ4n) is 1.70. The van der Waals surface area contributed by atoms with Crippen LogP contribution in [-0.4, -0.2) is 34.4 Å². The topological polar surface area (TPSA) is 79.3 Å². The van der Waals surface area contributed by atoms with Crippen molar-refractivity contribution in [3.8, 4) is 0 Å². The third-order valence-corrected chi connectivity index (χ3v) is 4.72. The first kappa shape index (κ1) is 20.0. The third kappa shape index (κ3) is 5.57. The lowest BCUT2D eigenvalue weighted by molar-refractivity contribution is 0.0952. The molecule has 10 heteroatoms. The highest BCUT2D eigenvalue weighted by Gasteiger charge is 2.13.